The average molecular weight is 235 g/mol. The molecule has 0 atom stereocenters. The van der Waals surface area contributed by atoms with Crippen molar-refractivity contribution in [3.05, 3.63) is 40.8 Å². The highest BCUT2D eigenvalue weighted by atomic mass is 32.2. The van der Waals surface area contributed by atoms with Crippen LogP contribution in [0.4, 0.5) is 0 Å². The van der Waals surface area contributed by atoms with Gasteiger partial charge in [-0.15, -0.1) is 11.8 Å². The van der Waals surface area contributed by atoms with Crippen LogP contribution in [0.5, 0.6) is 0 Å². The highest BCUT2D eigenvalue weighted by Gasteiger charge is 2.21. The molecule has 0 radical (unpaired) electrons. The minimum atomic E-state index is -0.0800. The summed E-state index contributed by atoms with van der Waals surface area (Å²) < 4.78 is 5.60. The first kappa shape index (κ1) is 11.1. The van der Waals surface area contributed by atoms with E-state index in [0.29, 0.717) is 17.3 Å². The Balaban J connectivity index is 2.41. The summed E-state index contributed by atoms with van der Waals surface area (Å²) in [5.41, 5.74) is 0.952. The minimum absolute atomic E-state index is 0.0800. The molecule has 0 bridgehead atoms. The Bertz CT molecular complexity index is 414. The lowest BCUT2D eigenvalue weighted by molar-refractivity contribution is -0.116. The summed E-state index contributed by atoms with van der Waals surface area (Å²) in [5, 5.41) is 2.64. The van der Waals surface area contributed by atoms with Crippen molar-refractivity contribution in [1.82, 2.24) is 5.32 Å². The number of thioether (sulfide) groups is 1. The molecule has 1 N–H and O–H groups in total. The predicted octanol–water partition coefficient (Wildman–Crippen LogP) is 1.86. The fraction of sp³-hybridized carbons (Fsp3) is 0.250. The van der Waals surface area contributed by atoms with E-state index in [1.54, 1.807) is 18.8 Å². The third kappa shape index (κ3) is 2.22. The van der Waals surface area contributed by atoms with Gasteiger partial charge in [0.25, 0.3) is 5.91 Å². The maximum atomic E-state index is 11.7. The van der Waals surface area contributed by atoms with Gasteiger partial charge in [0.15, 0.2) is 0 Å². The lowest BCUT2D eigenvalue weighted by Crippen LogP contribution is -2.22. The number of hydrogen-bond donors (Lipinski definition) is 1. The highest BCUT2D eigenvalue weighted by Crippen LogP contribution is 2.31. The molecule has 0 aliphatic carbocycles. The van der Waals surface area contributed by atoms with E-state index in [-0.39, 0.29) is 5.91 Å². The molecule has 0 aromatic heterocycles. The quantitative estimate of drug-likeness (QED) is 0.850. The summed E-state index contributed by atoms with van der Waals surface area (Å²) in [5.74, 6) is 1.43. The van der Waals surface area contributed by atoms with Gasteiger partial charge in [0.2, 0.25) is 0 Å². The SMILES string of the molecule is CNC(=O)C1=C(c2ccccc2)OCCS1. The zero-order valence-electron chi connectivity index (χ0n) is 9.03. The number of ether oxygens (including phenoxy) is 1. The number of hydrogen-bond acceptors (Lipinski definition) is 3. The van der Waals surface area contributed by atoms with Crippen LogP contribution in [0.1, 0.15) is 5.56 Å². The zero-order valence-corrected chi connectivity index (χ0v) is 9.84. The van der Waals surface area contributed by atoms with E-state index in [4.69, 9.17) is 4.74 Å². The van der Waals surface area contributed by atoms with E-state index in [1.807, 2.05) is 30.3 Å². The van der Waals surface area contributed by atoms with Crippen molar-refractivity contribution in [2.75, 3.05) is 19.4 Å². The van der Waals surface area contributed by atoms with Gasteiger partial charge in [-0.25, -0.2) is 0 Å². The van der Waals surface area contributed by atoms with E-state index >= 15 is 0 Å². The molecule has 2 rings (SSSR count). The zero-order chi connectivity index (χ0) is 11.4. The predicted molar refractivity (Wildman–Crippen MR) is 65.8 cm³/mol. The van der Waals surface area contributed by atoms with Crippen molar-refractivity contribution in [3.8, 4) is 0 Å². The molecule has 84 valence electrons. The second-order valence-corrected chi connectivity index (χ2v) is 4.41. The molecule has 0 spiro atoms. The molecule has 3 nitrogen and oxygen atoms in total. The molecule has 1 heterocycles. The van der Waals surface area contributed by atoms with Crippen LogP contribution in [-0.2, 0) is 9.53 Å². The maximum absolute atomic E-state index is 11.7. The second-order valence-electron chi connectivity index (χ2n) is 3.30. The molecule has 4 heteroatoms. The molecule has 0 saturated carbocycles. The number of nitrogens with one attached hydrogen (secondary N) is 1. The fourth-order valence-electron chi connectivity index (χ4n) is 1.50. The Morgan fingerprint density at radius 3 is 2.81 bits per heavy atom. The van der Waals surface area contributed by atoms with Crippen LogP contribution in [0, 0.1) is 0 Å². The topological polar surface area (TPSA) is 38.3 Å². The molecule has 1 aromatic rings. The third-order valence-electron chi connectivity index (χ3n) is 2.25. The number of rotatable bonds is 2. The number of carbonyl (C=O) groups is 1. The van der Waals surface area contributed by atoms with Crippen LogP contribution in [0.25, 0.3) is 5.76 Å². The molecule has 0 unspecified atom stereocenters. The van der Waals surface area contributed by atoms with Crippen molar-refractivity contribution < 1.29 is 9.53 Å². The van der Waals surface area contributed by atoms with Gasteiger partial charge in [-0.05, 0) is 0 Å². The van der Waals surface area contributed by atoms with E-state index < -0.39 is 0 Å². The van der Waals surface area contributed by atoms with Crippen molar-refractivity contribution >= 4 is 23.4 Å². The van der Waals surface area contributed by atoms with Crippen LogP contribution in [0.15, 0.2) is 35.2 Å². The molecule has 1 amide bonds. The summed E-state index contributed by atoms with van der Waals surface area (Å²) >= 11 is 1.54. The largest absolute Gasteiger partial charge is 0.491 e. The molecule has 1 aromatic carbocycles. The molecule has 0 fully saturated rings. The Morgan fingerprint density at radius 2 is 2.12 bits per heavy atom. The first-order chi connectivity index (χ1) is 7.83. The van der Waals surface area contributed by atoms with Gasteiger partial charge in [0.1, 0.15) is 10.7 Å². The Hall–Kier alpha value is -1.42. The van der Waals surface area contributed by atoms with Gasteiger partial charge in [-0.2, -0.15) is 0 Å². The van der Waals surface area contributed by atoms with E-state index in [2.05, 4.69) is 5.32 Å². The van der Waals surface area contributed by atoms with Gasteiger partial charge in [-0.1, -0.05) is 30.3 Å². The normalized spacial score (nSPS) is 15.6. The van der Waals surface area contributed by atoms with Crippen LogP contribution >= 0.6 is 11.8 Å². The fourth-order valence-corrected chi connectivity index (χ4v) is 2.42. The van der Waals surface area contributed by atoms with Gasteiger partial charge in [0.05, 0.1) is 6.61 Å². The highest BCUT2D eigenvalue weighted by molar-refractivity contribution is 8.04. The van der Waals surface area contributed by atoms with Crippen molar-refractivity contribution in [2.45, 2.75) is 0 Å². The Labute approximate surface area is 98.9 Å². The third-order valence-corrected chi connectivity index (χ3v) is 3.28. The summed E-state index contributed by atoms with van der Waals surface area (Å²) in [7, 11) is 1.63. The molecule has 1 aliphatic heterocycles. The number of amides is 1. The Kier molecular flexibility index (Phi) is 3.51. The molecular formula is C12H13NO2S. The van der Waals surface area contributed by atoms with Crippen LogP contribution in [0.3, 0.4) is 0 Å². The van der Waals surface area contributed by atoms with Gasteiger partial charge < -0.3 is 10.1 Å². The number of likely N-dealkylation sites (N-methyl/N-ethyl adjacent to an activating group) is 1. The van der Waals surface area contributed by atoms with Crippen LogP contribution in [-0.4, -0.2) is 25.3 Å². The Morgan fingerprint density at radius 1 is 1.38 bits per heavy atom. The lowest BCUT2D eigenvalue weighted by atomic mass is 10.2. The van der Waals surface area contributed by atoms with E-state index in [0.717, 1.165) is 11.3 Å². The van der Waals surface area contributed by atoms with E-state index in [9.17, 15) is 4.79 Å². The van der Waals surface area contributed by atoms with Gasteiger partial charge in [0, 0.05) is 18.4 Å². The van der Waals surface area contributed by atoms with Crippen molar-refractivity contribution in [2.24, 2.45) is 0 Å². The maximum Gasteiger partial charge on any atom is 0.261 e. The average Bonchev–Trinajstić information content (AvgIpc) is 2.39. The molecular weight excluding hydrogens is 222 g/mol. The van der Waals surface area contributed by atoms with Gasteiger partial charge in [-0.3, -0.25) is 4.79 Å². The molecule has 16 heavy (non-hydrogen) atoms. The summed E-state index contributed by atoms with van der Waals surface area (Å²) in [4.78, 5) is 12.3. The number of carbonyl (C=O) groups excluding carboxylic acids is 1. The standard InChI is InChI=1S/C12H13NO2S/c1-13-12(14)11-10(15-7-8-16-11)9-5-3-2-4-6-9/h2-6H,7-8H2,1H3,(H,13,14). The van der Waals surface area contributed by atoms with Crippen LogP contribution < -0.4 is 5.32 Å². The van der Waals surface area contributed by atoms with E-state index in [1.165, 1.54) is 0 Å². The first-order valence-corrected chi connectivity index (χ1v) is 6.09. The number of benzene rings is 1. The summed E-state index contributed by atoms with van der Waals surface area (Å²) in [6.07, 6.45) is 0. The second kappa shape index (κ2) is 5.07. The molecule has 0 saturated heterocycles. The van der Waals surface area contributed by atoms with Crippen molar-refractivity contribution in [1.29, 1.82) is 0 Å². The molecule has 1 aliphatic rings. The minimum Gasteiger partial charge on any atom is -0.491 e. The van der Waals surface area contributed by atoms with Crippen LogP contribution in [0.2, 0.25) is 0 Å². The summed E-state index contributed by atoms with van der Waals surface area (Å²) in [6.45, 7) is 0.648. The summed E-state index contributed by atoms with van der Waals surface area (Å²) in [6, 6.07) is 9.72. The lowest BCUT2D eigenvalue weighted by Gasteiger charge is -2.19. The smallest absolute Gasteiger partial charge is 0.261 e. The first-order valence-electron chi connectivity index (χ1n) is 5.10. The monoisotopic (exact) mass is 235 g/mol. The van der Waals surface area contributed by atoms with Gasteiger partial charge >= 0.3 is 0 Å². The van der Waals surface area contributed by atoms with Crippen molar-refractivity contribution in [3.63, 3.8) is 0 Å².